The van der Waals surface area contributed by atoms with Gasteiger partial charge in [-0.1, -0.05) is 38.9 Å². The van der Waals surface area contributed by atoms with Gasteiger partial charge in [-0.05, 0) is 18.2 Å². The zero-order valence-corrected chi connectivity index (χ0v) is 11.4. The summed E-state index contributed by atoms with van der Waals surface area (Å²) in [5.41, 5.74) is 5.89. The predicted octanol–water partition coefficient (Wildman–Crippen LogP) is 2.79. The number of nitrogens with two attached hydrogens (primary N) is 1. The lowest BCUT2D eigenvalue weighted by atomic mass is 10.3. The van der Waals surface area contributed by atoms with Crippen molar-refractivity contribution in [2.24, 2.45) is 0 Å². The zero-order chi connectivity index (χ0) is 12.4. The number of hydrogen-bond donors (Lipinski definition) is 2. The minimum atomic E-state index is -0.390. The fourth-order valence-electron chi connectivity index (χ4n) is 1.10. The third-order valence-corrected chi connectivity index (χ3v) is 3.39. The van der Waals surface area contributed by atoms with Gasteiger partial charge < -0.3 is 11.1 Å². The molecule has 0 unspecified atom stereocenters. The third kappa shape index (κ3) is 2.93. The van der Waals surface area contributed by atoms with Crippen molar-refractivity contribution in [3.05, 3.63) is 32.7 Å². The lowest BCUT2D eigenvalue weighted by Gasteiger charge is -2.05. The lowest BCUT2D eigenvalue weighted by Crippen LogP contribution is -2.11. The van der Waals surface area contributed by atoms with Crippen LogP contribution >= 0.6 is 38.9 Å². The monoisotopic (exact) mass is 332 g/mol. The van der Waals surface area contributed by atoms with Crippen LogP contribution in [0.2, 0.25) is 5.02 Å². The number of nitrogen functional groups attached to an aromatic ring is 1. The van der Waals surface area contributed by atoms with E-state index in [0.29, 0.717) is 10.7 Å². The molecule has 8 heteroatoms. The number of halogens is 2. The number of rotatable bonds is 2. The van der Waals surface area contributed by atoms with Crippen LogP contribution in [0, 0.1) is 0 Å². The van der Waals surface area contributed by atoms with Crippen LogP contribution in [0.3, 0.4) is 0 Å². The van der Waals surface area contributed by atoms with E-state index in [4.69, 9.17) is 17.3 Å². The van der Waals surface area contributed by atoms with Gasteiger partial charge in [0.05, 0.1) is 10.7 Å². The van der Waals surface area contributed by atoms with Gasteiger partial charge in [-0.2, -0.15) is 0 Å². The average Bonchev–Trinajstić information content (AvgIpc) is 2.70. The molecule has 17 heavy (non-hydrogen) atoms. The fraction of sp³-hybridized carbons (Fsp3) is 0. The number of hydrogen-bond acceptors (Lipinski definition) is 5. The summed E-state index contributed by atoms with van der Waals surface area (Å²) >= 11 is 10.2. The fourth-order valence-corrected chi connectivity index (χ4v) is 2.13. The molecule has 0 radical (unpaired) electrons. The molecule has 0 aliphatic rings. The van der Waals surface area contributed by atoms with Gasteiger partial charge in [0.1, 0.15) is 0 Å². The van der Waals surface area contributed by atoms with Crippen LogP contribution in [0.1, 0.15) is 9.80 Å². The summed E-state index contributed by atoms with van der Waals surface area (Å²) in [4.78, 5) is 11.8. The molecular weight excluding hydrogens is 328 g/mol. The summed E-state index contributed by atoms with van der Waals surface area (Å²) in [6.07, 6.45) is 0. The normalized spacial score (nSPS) is 10.2. The number of nitrogens with one attached hydrogen (secondary N) is 1. The van der Waals surface area contributed by atoms with Crippen LogP contribution in [0.5, 0.6) is 0 Å². The molecule has 0 atom stereocenters. The standard InChI is InChI=1S/C9H6BrClN4OS/c10-4-1-2-5(11)6(3-4)13-7(16)8-14-15-9(12)17-8/h1-3H,(H2,12,15)(H,13,16). The van der Waals surface area contributed by atoms with E-state index in [9.17, 15) is 4.79 Å². The van der Waals surface area contributed by atoms with E-state index >= 15 is 0 Å². The molecule has 0 bridgehead atoms. The molecule has 3 N–H and O–H groups in total. The van der Waals surface area contributed by atoms with Crippen molar-refractivity contribution in [3.63, 3.8) is 0 Å². The Kier molecular flexibility index (Phi) is 3.60. The number of carbonyl (C=O) groups excluding carboxylic acids is 1. The Morgan fingerprint density at radius 1 is 1.47 bits per heavy atom. The second-order valence-corrected chi connectivity index (χ2v) is 5.36. The zero-order valence-electron chi connectivity index (χ0n) is 8.28. The number of anilines is 2. The summed E-state index contributed by atoms with van der Waals surface area (Å²) < 4.78 is 0.814. The molecule has 0 aliphatic heterocycles. The van der Waals surface area contributed by atoms with Crippen molar-refractivity contribution in [2.45, 2.75) is 0 Å². The van der Waals surface area contributed by atoms with E-state index in [1.54, 1.807) is 18.2 Å². The van der Waals surface area contributed by atoms with Gasteiger partial charge in [0, 0.05) is 4.47 Å². The van der Waals surface area contributed by atoms with E-state index in [1.807, 2.05) is 0 Å². The van der Waals surface area contributed by atoms with E-state index in [-0.39, 0.29) is 16.0 Å². The van der Waals surface area contributed by atoms with Crippen LogP contribution in [-0.4, -0.2) is 16.1 Å². The maximum Gasteiger partial charge on any atom is 0.286 e. The first-order chi connectivity index (χ1) is 8.06. The average molecular weight is 334 g/mol. The topological polar surface area (TPSA) is 80.9 Å². The van der Waals surface area contributed by atoms with Crippen LogP contribution in [-0.2, 0) is 0 Å². The molecule has 2 rings (SSSR count). The maximum absolute atomic E-state index is 11.8. The SMILES string of the molecule is Nc1nnc(C(=O)Nc2cc(Br)ccc2Cl)s1. The number of amides is 1. The highest BCUT2D eigenvalue weighted by Gasteiger charge is 2.13. The Hall–Kier alpha value is -1.18. The highest BCUT2D eigenvalue weighted by molar-refractivity contribution is 9.10. The Morgan fingerprint density at radius 2 is 2.24 bits per heavy atom. The predicted molar refractivity (Wildman–Crippen MR) is 71.4 cm³/mol. The number of benzene rings is 1. The quantitative estimate of drug-likeness (QED) is 0.885. The Morgan fingerprint density at radius 3 is 2.88 bits per heavy atom. The Bertz CT molecular complexity index is 574. The van der Waals surface area contributed by atoms with Crippen molar-refractivity contribution < 1.29 is 4.79 Å². The first kappa shape index (κ1) is 12.3. The largest absolute Gasteiger partial charge is 0.374 e. The van der Waals surface area contributed by atoms with Gasteiger partial charge in [0.2, 0.25) is 10.1 Å². The van der Waals surface area contributed by atoms with Crippen molar-refractivity contribution in [2.75, 3.05) is 11.1 Å². The van der Waals surface area contributed by atoms with E-state index in [1.165, 1.54) is 0 Å². The molecule has 0 saturated heterocycles. The first-order valence-electron chi connectivity index (χ1n) is 4.41. The summed E-state index contributed by atoms with van der Waals surface area (Å²) in [7, 11) is 0. The molecule has 88 valence electrons. The molecule has 2 aromatic rings. The van der Waals surface area contributed by atoms with Crippen molar-refractivity contribution in [1.29, 1.82) is 0 Å². The van der Waals surface area contributed by atoms with Gasteiger partial charge in [-0.15, -0.1) is 10.2 Å². The Labute approximate surface area is 114 Å². The molecule has 0 fully saturated rings. The van der Waals surface area contributed by atoms with E-state index < -0.39 is 0 Å². The highest BCUT2D eigenvalue weighted by atomic mass is 79.9. The van der Waals surface area contributed by atoms with E-state index in [2.05, 4.69) is 31.4 Å². The van der Waals surface area contributed by atoms with Crippen LogP contribution in [0.15, 0.2) is 22.7 Å². The third-order valence-electron chi connectivity index (χ3n) is 1.81. The van der Waals surface area contributed by atoms with Crippen molar-refractivity contribution >= 4 is 55.6 Å². The minimum absolute atomic E-state index is 0.193. The molecule has 0 aliphatic carbocycles. The summed E-state index contributed by atoms with van der Waals surface area (Å²) in [6, 6.07) is 5.15. The number of aromatic nitrogens is 2. The first-order valence-corrected chi connectivity index (χ1v) is 6.40. The Balaban J connectivity index is 2.21. The van der Waals surface area contributed by atoms with Crippen LogP contribution in [0.25, 0.3) is 0 Å². The second kappa shape index (κ2) is 4.99. The summed E-state index contributed by atoms with van der Waals surface area (Å²) in [6.45, 7) is 0. The number of nitrogens with zero attached hydrogens (tertiary/aromatic N) is 2. The summed E-state index contributed by atoms with van der Waals surface area (Å²) in [5, 5.41) is 10.7. The smallest absolute Gasteiger partial charge is 0.286 e. The van der Waals surface area contributed by atoms with Gasteiger partial charge in [0.15, 0.2) is 0 Å². The highest BCUT2D eigenvalue weighted by Crippen LogP contribution is 2.26. The molecule has 1 aromatic heterocycles. The van der Waals surface area contributed by atoms with Crippen molar-refractivity contribution in [1.82, 2.24) is 10.2 Å². The summed E-state index contributed by atoms with van der Waals surface area (Å²) in [5.74, 6) is -0.390. The number of carbonyl (C=O) groups is 1. The lowest BCUT2D eigenvalue weighted by molar-refractivity contribution is 0.102. The molecule has 0 saturated carbocycles. The molecular formula is C9H6BrClN4OS. The molecule has 0 spiro atoms. The van der Waals surface area contributed by atoms with E-state index in [0.717, 1.165) is 15.8 Å². The van der Waals surface area contributed by atoms with Crippen LogP contribution in [0.4, 0.5) is 10.8 Å². The molecule has 5 nitrogen and oxygen atoms in total. The van der Waals surface area contributed by atoms with Gasteiger partial charge in [-0.25, -0.2) is 0 Å². The van der Waals surface area contributed by atoms with Crippen molar-refractivity contribution in [3.8, 4) is 0 Å². The molecule has 1 aromatic carbocycles. The molecule has 1 heterocycles. The maximum atomic E-state index is 11.8. The minimum Gasteiger partial charge on any atom is -0.374 e. The molecule has 1 amide bonds. The van der Waals surface area contributed by atoms with Gasteiger partial charge >= 0.3 is 0 Å². The second-order valence-electron chi connectivity index (χ2n) is 3.02. The van der Waals surface area contributed by atoms with Gasteiger partial charge in [-0.3, -0.25) is 4.79 Å². The van der Waals surface area contributed by atoms with Gasteiger partial charge in [0.25, 0.3) is 5.91 Å². The van der Waals surface area contributed by atoms with Crippen LogP contribution < -0.4 is 11.1 Å².